The molecule has 1 aromatic rings. The first-order chi connectivity index (χ1) is 13.5. The van der Waals surface area contributed by atoms with E-state index < -0.39 is 0 Å². The average molecular weight is 380 g/mol. The van der Waals surface area contributed by atoms with Crippen molar-refractivity contribution in [3.8, 4) is 11.5 Å². The molecule has 3 fully saturated rings. The first kappa shape index (κ1) is 17.1. The maximum atomic E-state index is 13.2. The van der Waals surface area contributed by atoms with E-state index >= 15 is 0 Å². The number of ketones is 1. The van der Waals surface area contributed by atoms with Crippen molar-refractivity contribution >= 4 is 5.78 Å². The summed E-state index contributed by atoms with van der Waals surface area (Å²) in [6.45, 7) is 4.38. The maximum Gasteiger partial charge on any atom is 0.161 e. The fraction of sp³-hybridized carbons (Fsp3) is 0.625. The predicted octanol–water partition coefficient (Wildman–Crippen LogP) is 3.60. The number of piperidine rings is 1. The van der Waals surface area contributed by atoms with Gasteiger partial charge in [0.05, 0.1) is 7.11 Å². The van der Waals surface area contributed by atoms with E-state index in [1.54, 1.807) is 7.11 Å². The molecule has 4 nitrogen and oxygen atoms in total. The van der Waals surface area contributed by atoms with E-state index in [2.05, 4.69) is 24.0 Å². The summed E-state index contributed by atoms with van der Waals surface area (Å²) in [4.78, 5) is 15.9. The zero-order chi connectivity index (χ0) is 19.3. The average Bonchev–Trinajstić information content (AvgIpc) is 3.42. The van der Waals surface area contributed by atoms with Gasteiger partial charge in [-0.2, -0.15) is 0 Å². The van der Waals surface area contributed by atoms with Crippen molar-refractivity contribution in [1.29, 1.82) is 0 Å². The molecule has 1 spiro atoms. The van der Waals surface area contributed by atoms with Crippen molar-refractivity contribution < 1.29 is 14.6 Å². The van der Waals surface area contributed by atoms with E-state index in [0.717, 1.165) is 37.3 Å². The fourth-order valence-corrected chi connectivity index (χ4v) is 7.34. The third-order valence-corrected chi connectivity index (χ3v) is 8.72. The van der Waals surface area contributed by atoms with Gasteiger partial charge in [-0.3, -0.25) is 9.69 Å². The fourth-order valence-electron chi connectivity index (χ4n) is 7.34. The van der Waals surface area contributed by atoms with E-state index in [4.69, 9.17) is 4.74 Å². The lowest BCUT2D eigenvalue weighted by molar-refractivity contribution is -0.135. The van der Waals surface area contributed by atoms with Crippen LogP contribution in [0.5, 0.6) is 11.5 Å². The van der Waals surface area contributed by atoms with Crippen molar-refractivity contribution in [2.45, 2.75) is 56.9 Å². The highest BCUT2D eigenvalue weighted by molar-refractivity contribution is 5.89. The minimum Gasteiger partial charge on any atom is -0.504 e. The van der Waals surface area contributed by atoms with E-state index in [1.165, 1.54) is 30.5 Å². The molecule has 0 aromatic heterocycles. The van der Waals surface area contributed by atoms with Gasteiger partial charge in [-0.1, -0.05) is 17.7 Å². The first-order valence-electron chi connectivity index (χ1n) is 10.8. The van der Waals surface area contributed by atoms with Gasteiger partial charge in [0.1, 0.15) is 5.78 Å². The van der Waals surface area contributed by atoms with Crippen LogP contribution in [0.2, 0.25) is 0 Å². The van der Waals surface area contributed by atoms with Crippen molar-refractivity contribution in [2.24, 2.45) is 17.3 Å². The van der Waals surface area contributed by atoms with E-state index in [1.807, 2.05) is 6.07 Å². The van der Waals surface area contributed by atoms with Crippen LogP contribution < -0.4 is 4.74 Å². The molecule has 1 N–H and O–H groups in total. The number of likely N-dealkylation sites (tertiary alicyclic amines) is 1. The topological polar surface area (TPSA) is 49.8 Å². The number of fused-ring (bicyclic) bond motifs is 2. The molecule has 2 saturated carbocycles. The molecular formula is C24H29NO3. The Bertz CT molecular complexity index is 917. The van der Waals surface area contributed by atoms with Crippen LogP contribution >= 0.6 is 0 Å². The molecule has 28 heavy (non-hydrogen) atoms. The number of nitrogens with zero attached hydrogens (tertiary/aromatic N) is 1. The quantitative estimate of drug-likeness (QED) is 0.815. The van der Waals surface area contributed by atoms with Crippen LogP contribution in [0.15, 0.2) is 23.8 Å². The SMILES string of the molecule is COc1ccc2c(c1O)[C@]13CCN(CC4CC4)[C@H](C2)[C@@]12C=C(C)[C@H](C2)C(=O)C3. The second kappa shape index (κ2) is 5.41. The van der Waals surface area contributed by atoms with Gasteiger partial charge in [-0.05, 0) is 63.1 Å². The molecule has 6 rings (SSSR count). The van der Waals surface area contributed by atoms with Crippen LogP contribution in [0.3, 0.4) is 0 Å². The number of ether oxygens (including phenoxy) is 1. The molecule has 4 bridgehead atoms. The molecule has 1 aromatic carbocycles. The highest BCUT2D eigenvalue weighted by atomic mass is 16.5. The molecule has 0 amide bonds. The Balaban J connectivity index is 1.59. The van der Waals surface area contributed by atoms with Crippen molar-refractivity contribution in [3.63, 3.8) is 0 Å². The van der Waals surface area contributed by atoms with E-state index in [0.29, 0.717) is 24.0 Å². The summed E-state index contributed by atoms with van der Waals surface area (Å²) in [6.07, 6.45) is 8.61. The molecule has 4 heteroatoms. The maximum absolute atomic E-state index is 13.2. The van der Waals surface area contributed by atoms with E-state index in [-0.39, 0.29) is 22.5 Å². The largest absolute Gasteiger partial charge is 0.504 e. The summed E-state index contributed by atoms with van der Waals surface area (Å²) in [5.74, 6) is 2.13. The number of methoxy groups -OCH3 is 1. The summed E-state index contributed by atoms with van der Waals surface area (Å²) >= 11 is 0. The van der Waals surface area contributed by atoms with Gasteiger partial charge in [0.25, 0.3) is 0 Å². The second-order valence-electron chi connectivity index (χ2n) is 9.97. The standard InChI is InChI=1S/C24H29NO3/c1-14-10-24-11-17(14)18(26)12-23(24)7-8-25(13-15-3-4-15)20(24)9-16-5-6-19(28-2)22(27)21(16)23/h5-6,10,15,17,20,27H,3-4,7-9,11-13H2,1-2H3/t17-,20+,23+,24-/m0/s1. The minimum atomic E-state index is -0.282. The van der Waals surface area contributed by atoms with Gasteiger partial charge in [0.15, 0.2) is 11.5 Å². The number of allylic oxidation sites excluding steroid dienone is 1. The van der Waals surface area contributed by atoms with Gasteiger partial charge in [-0.25, -0.2) is 0 Å². The highest BCUT2D eigenvalue weighted by Crippen LogP contribution is 2.69. The zero-order valence-corrected chi connectivity index (χ0v) is 16.8. The highest BCUT2D eigenvalue weighted by Gasteiger charge is 2.68. The molecule has 5 aliphatic rings. The summed E-state index contributed by atoms with van der Waals surface area (Å²) in [6, 6.07) is 4.47. The molecular weight excluding hydrogens is 350 g/mol. The summed E-state index contributed by atoms with van der Waals surface area (Å²) in [5.41, 5.74) is 3.19. The summed E-state index contributed by atoms with van der Waals surface area (Å²) < 4.78 is 5.47. The Morgan fingerprint density at radius 1 is 1.32 bits per heavy atom. The lowest BCUT2D eigenvalue weighted by Crippen LogP contribution is -2.68. The first-order valence-corrected chi connectivity index (χ1v) is 10.8. The Labute approximate surface area is 166 Å². The number of carbonyl (C=O) groups is 1. The van der Waals surface area contributed by atoms with Gasteiger partial charge < -0.3 is 9.84 Å². The Morgan fingerprint density at radius 2 is 2.14 bits per heavy atom. The Morgan fingerprint density at radius 3 is 2.89 bits per heavy atom. The van der Waals surface area contributed by atoms with Crippen molar-refractivity contribution in [2.75, 3.05) is 20.2 Å². The summed E-state index contributed by atoms with van der Waals surface area (Å²) in [5, 5.41) is 11.2. The number of hydrogen-bond donors (Lipinski definition) is 1. The van der Waals surface area contributed by atoms with Gasteiger partial charge in [0, 0.05) is 41.3 Å². The number of phenols is 1. The predicted molar refractivity (Wildman–Crippen MR) is 107 cm³/mol. The van der Waals surface area contributed by atoms with Gasteiger partial charge in [0.2, 0.25) is 0 Å². The number of carbonyl (C=O) groups excluding carboxylic acids is 1. The third kappa shape index (κ3) is 1.93. The van der Waals surface area contributed by atoms with Gasteiger partial charge >= 0.3 is 0 Å². The molecule has 4 aliphatic carbocycles. The number of rotatable bonds is 3. The number of benzene rings is 1. The van der Waals surface area contributed by atoms with E-state index in [9.17, 15) is 9.90 Å². The van der Waals surface area contributed by atoms with Crippen LogP contribution in [0.4, 0.5) is 0 Å². The van der Waals surface area contributed by atoms with Crippen molar-refractivity contribution in [3.05, 3.63) is 34.9 Å². The normalized spacial score (nSPS) is 38.6. The number of aromatic hydroxyl groups is 1. The Kier molecular flexibility index (Phi) is 3.30. The zero-order valence-electron chi connectivity index (χ0n) is 16.8. The lowest BCUT2D eigenvalue weighted by atomic mass is 9.44. The summed E-state index contributed by atoms with van der Waals surface area (Å²) in [7, 11) is 1.61. The number of Topliss-reactive ketones (excluding diaryl/α,β-unsaturated/α-hetero) is 1. The molecule has 4 atom stereocenters. The van der Waals surface area contributed by atoms with Crippen LogP contribution in [0.1, 0.15) is 50.2 Å². The molecule has 1 saturated heterocycles. The Hall–Kier alpha value is -1.81. The molecule has 1 heterocycles. The number of hydrogen-bond acceptors (Lipinski definition) is 4. The molecule has 1 aliphatic heterocycles. The minimum absolute atomic E-state index is 0.0281. The smallest absolute Gasteiger partial charge is 0.161 e. The van der Waals surface area contributed by atoms with Gasteiger partial charge in [-0.15, -0.1) is 0 Å². The van der Waals surface area contributed by atoms with Crippen LogP contribution in [0.25, 0.3) is 0 Å². The second-order valence-corrected chi connectivity index (χ2v) is 9.97. The third-order valence-electron chi connectivity index (χ3n) is 8.72. The lowest BCUT2D eigenvalue weighted by Gasteiger charge is -2.64. The monoisotopic (exact) mass is 379 g/mol. The van der Waals surface area contributed by atoms with Crippen LogP contribution in [-0.2, 0) is 16.6 Å². The molecule has 0 radical (unpaired) electrons. The van der Waals surface area contributed by atoms with Crippen molar-refractivity contribution in [1.82, 2.24) is 4.90 Å². The van der Waals surface area contributed by atoms with Crippen LogP contribution in [-0.4, -0.2) is 42.0 Å². The van der Waals surface area contributed by atoms with Crippen LogP contribution in [0, 0.1) is 17.3 Å². The molecule has 148 valence electrons. The molecule has 0 unspecified atom stereocenters. The number of phenolic OH excluding ortho intramolecular Hbond substituents is 1.